The third kappa shape index (κ3) is 5.48. The van der Waals surface area contributed by atoms with Crippen molar-refractivity contribution in [3.63, 3.8) is 0 Å². The molecule has 0 saturated carbocycles. The molecule has 11 heteroatoms. The Morgan fingerprint density at radius 1 is 1.07 bits per heavy atom. The van der Waals surface area contributed by atoms with Crippen molar-refractivity contribution in [1.82, 2.24) is 4.57 Å². The van der Waals surface area contributed by atoms with Gasteiger partial charge in [0.15, 0.2) is 4.80 Å². The number of halogens is 1. The summed E-state index contributed by atoms with van der Waals surface area (Å²) in [6.07, 6.45) is 1.62. The summed E-state index contributed by atoms with van der Waals surface area (Å²) in [5.41, 5.74) is 2.42. The van der Waals surface area contributed by atoms with E-state index in [-0.39, 0.29) is 22.1 Å². The predicted octanol–water partition coefficient (Wildman–Crippen LogP) is 5.49. The fraction of sp³-hybridized carbons (Fsp3) is 0.0909. The molecular weight excluding hydrogens is 602 g/mol. The molecule has 5 aromatic rings. The molecule has 0 spiro atoms. The van der Waals surface area contributed by atoms with Crippen LogP contribution in [0.2, 0.25) is 5.02 Å². The maximum atomic E-state index is 14.0. The molecule has 3 heterocycles. The van der Waals surface area contributed by atoms with E-state index in [0.717, 1.165) is 0 Å². The fourth-order valence-electron chi connectivity index (χ4n) is 4.99. The second-order valence-corrected chi connectivity index (χ2v) is 11.3. The number of carbonyl (C=O) groups is 2. The Labute approximate surface area is 259 Å². The Bertz CT molecular complexity index is 2130. The van der Waals surface area contributed by atoms with Crippen LogP contribution >= 0.6 is 22.9 Å². The average Bonchev–Trinajstić information content (AvgIpc) is 3.60. The number of aromatic nitrogens is 1. The summed E-state index contributed by atoms with van der Waals surface area (Å²) >= 11 is 7.33. The number of ether oxygens (including phenoxy) is 1. The first-order valence-electron chi connectivity index (χ1n) is 13.4. The largest absolute Gasteiger partial charge is 0.497 e. The number of hydrogen-bond acceptors (Lipinski definition) is 7. The number of carbonyl (C=O) groups excluding carboxylic acids is 1. The number of aromatic carboxylic acids is 1. The molecule has 3 aromatic carbocycles. The summed E-state index contributed by atoms with van der Waals surface area (Å²) in [5, 5.41) is 12.3. The van der Waals surface area contributed by atoms with Gasteiger partial charge in [0.25, 0.3) is 11.5 Å². The van der Waals surface area contributed by atoms with Crippen LogP contribution < -0.4 is 24.9 Å². The van der Waals surface area contributed by atoms with Gasteiger partial charge >= 0.3 is 5.97 Å². The highest BCUT2D eigenvalue weighted by atomic mass is 35.5. The van der Waals surface area contributed by atoms with Crippen molar-refractivity contribution in [3.8, 4) is 17.1 Å². The lowest BCUT2D eigenvalue weighted by molar-refractivity contribution is -0.113. The van der Waals surface area contributed by atoms with Gasteiger partial charge in [-0.25, -0.2) is 9.79 Å². The number of carboxylic acids is 1. The van der Waals surface area contributed by atoms with Crippen LogP contribution in [0.25, 0.3) is 17.4 Å². The van der Waals surface area contributed by atoms with Crippen LogP contribution in [0.3, 0.4) is 0 Å². The standard InChI is InChI=1S/C33H24ClN3O6S/c1-18-28(30(38)36-21-6-4-3-5-7-21)29(19-8-11-22(42-2)12-9-19)37-31(39)27(44-33(37)35-18)17-23-13-15-26(43-23)20-10-14-24(32(40)41)25(34)16-20/h3-17,29H,1-2H3,(H,36,38)(H,40,41)/b27-17+/t29-/m1/s1. The molecule has 1 aliphatic rings. The second kappa shape index (κ2) is 11.8. The van der Waals surface area contributed by atoms with E-state index in [9.17, 15) is 19.5 Å². The predicted molar refractivity (Wildman–Crippen MR) is 168 cm³/mol. The van der Waals surface area contributed by atoms with Crippen LogP contribution in [0.15, 0.2) is 110 Å². The number of methoxy groups -OCH3 is 1. The summed E-state index contributed by atoms with van der Waals surface area (Å²) < 4.78 is 13.2. The van der Waals surface area contributed by atoms with Crippen LogP contribution in [0, 0.1) is 0 Å². The first kappa shape index (κ1) is 28.9. The van der Waals surface area contributed by atoms with Gasteiger partial charge < -0.3 is 19.6 Å². The van der Waals surface area contributed by atoms with Crippen LogP contribution in [-0.4, -0.2) is 28.7 Å². The van der Waals surface area contributed by atoms with Crippen LogP contribution in [-0.2, 0) is 4.79 Å². The maximum Gasteiger partial charge on any atom is 0.337 e. The number of para-hydroxylation sites is 1. The van der Waals surface area contributed by atoms with Crippen molar-refractivity contribution in [1.29, 1.82) is 0 Å². The molecular formula is C33H24ClN3O6S. The molecule has 1 atom stereocenters. The fourth-order valence-corrected chi connectivity index (χ4v) is 6.28. The molecule has 9 nitrogen and oxygen atoms in total. The smallest absolute Gasteiger partial charge is 0.337 e. The zero-order valence-corrected chi connectivity index (χ0v) is 25.0. The second-order valence-electron chi connectivity index (χ2n) is 9.88. The molecule has 6 rings (SSSR count). The van der Waals surface area contributed by atoms with Crippen LogP contribution in [0.4, 0.5) is 5.69 Å². The Hall–Kier alpha value is -5.19. The van der Waals surface area contributed by atoms with Gasteiger partial charge in [0.1, 0.15) is 17.3 Å². The summed E-state index contributed by atoms with van der Waals surface area (Å²) in [5.74, 6) is 0.0125. The molecule has 220 valence electrons. The van der Waals surface area contributed by atoms with E-state index in [0.29, 0.717) is 54.7 Å². The molecule has 0 bridgehead atoms. The first-order chi connectivity index (χ1) is 21.2. The summed E-state index contributed by atoms with van der Waals surface area (Å²) in [6, 6.07) is 23.5. The summed E-state index contributed by atoms with van der Waals surface area (Å²) in [4.78, 5) is 44.1. The zero-order valence-electron chi connectivity index (χ0n) is 23.4. The molecule has 1 amide bonds. The van der Waals surface area contributed by atoms with Crippen molar-refractivity contribution in [2.75, 3.05) is 12.4 Å². The monoisotopic (exact) mass is 625 g/mol. The van der Waals surface area contributed by atoms with Gasteiger partial charge in [0, 0.05) is 17.3 Å². The maximum absolute atomic E-state index is 14.0. The first-order valence-corrected chi connectivity index (χ1v) is 14.6. The average molecular weight is 626 g/mol. The number of fused-ring (bicyclic) bond motifs is 1. The number of hydrogen-bond donors (Lipinski definition) is 2. The summed E-state index contributed by atoms with van der Waals surface area (Å²) in [7, 11) is 1.57. The third-order valence-electron chi connectivity index (χ3n) is 7.11. The lowest BCUT2D eigenvalue weighted by Gasteiger charge is -2.25. The van der Waals surface area contributed by atoms with E-state index in [1.807, 2.05) is 30.3 Å². The third-order valence-corrected chi connectivity index (χ3v) is 8.41. The van der Waals surface area contributed by atoms with Gasteiger partial charge in [-0.3, -0.25) is 14.2 Å². The highest BCUT2D eigenvalue weighted by Gasteiger charge is 2.32. The Balaban J connectivity index is 1.42. The highest BCUT2D eigenvalue weighted by molar-refractivity contribution is 7.07. The number of benzene rings is 3. The van der Waals surface area contributed by atoms with Crippen molar-refractivity contribution in [3.05, 3.63) is 138 Å². The van der Waals surface area contributed by atoms with E-state index in [1.165, 1.54) is 28.0 Å². The lowest BCUT2D eigenvalue weighted by Crippen LogP contribution is -2.40. The lowest BCUT2D eigenvalue weighted by atomic mass is 9.95. The van der Waals surface area contributed by atoms with Crippen molar-refractivity contribution in [2.45, 2.75) is 13.0 Å². The molecule has 2 N–H and O–H groups in total. The van der Waals surface area contributed by atoms with Crippen molar-refractivity contribution < 1.29 is 23.8 Å². The van der Waals surface area contributed by atoms with E-state index < -0.39 is 12.0 Å². The number of nitrogens with zero attached hydrogens (tertiary/aromatic N) is 2. The Morgan fingerprint density at radius 3 is 2.50 bits per heavy atom. The summed E-state index contributed by atoms with van der Waals surface area (Å²) in [6.45, 7) is 1.76. The number of nitrogens with one attached hydrogen (secondary N) is 1. The quantitative estimate of drug-likeness (QED) is 0.246. The highest BCUT2D eigenvalue weighted by Crippen LogP contribution is 2.32. The van der Waals surface area contributed by atoms with E-state index >= 15 is 0 Å². The Kier molecular flexibility index (Phi) is 7.77. The number of allylic oxidation sites excluding steroid dienone is 1. The molecule has 0 fully saturated rings. The number of rotatable bonds is 7. The van der Waals surface area contributed by atoms with Crippen LogP contribution in [0.5, 0.6) is 5.75 Å². The molecule has 0 aliphatic carbocycles. The molecule has 1 aliphatic heterocycles. The van der Waals surface area contributed by atoms with Gasteiger partial charge in [0.2, 0.25) is 0 Å². The normalized spacial score (nSPS) is 14.6. The molecule has 0 unspecified atom stereocenters. The van der Waals surface area contributed by atoms with E-state index in [4.69, 9.17) is 20.8 Å². The number of thiazole rings is 1. The molecule has 2 aromatic heterocycles. The minimum absolute atomic E-state index is 0.0122. The zero-order chi connectivity index (χ0) is 31.0. The van der Waals surface area contributed by atoms with Crippen molar-refractivity contribution >= 4 is 46.6 Å². The van der Waals surface area contributed by atoms with Gasteiger partial charge in [0.05, 0.1) is 39.5 Å². The van der Waals surface area contributed by atoms with Crippen LogP contribution in [0.1, 0.15) is 34.6 Å². The van der Waals surface area contributed by atoms with Crippen molar-refractivity contribution in [2.24, 2.45) is 4.99 Å². The van der Waals surface area contributed by atoms with E-state index in [2.05, 4.69) is 10.3 Å². The van der Waals surface area contributed by atoms with E-state index in [1.54, 1.807) is 62.6 Å². The molecule has 0 saturated heterocycles. The minimum atomic E-state index is -1.12. The molecule has 44 heavy (non-hydrogen) atoms. The van der Waals surface area contributed by atoms with Gasteiger partial charge in [-0.2, -0.15) is 0 Å². The van der Waals surface area contributed by atoms with Gasteiger partial charge in [-0.15, -0.1) is 0 Å². The van der Waals surface area contributed by atoms with Gasteiger partial charge in [-0.05, 0) is 61.0 Å². The number of amides is 1. The minimum Gasteiger partial charge on any atom is -0.497 e. The SMILES string of the molecule is COc1ccc([C@@H]2C(C(=O)Nc3ccccc3)=C(C)N=c3s/c(=C/c4ccc(-c5ccc(C(=O)O)c(Cl)c5)o4)c(=O)n32)cc1. The van der Waals surface area contributed by atoms with Gasteiger partial charge in [-0.1, -0.05) is 59.3 Å². The number of anilines is 1. The Morgan fingerprint density at radius 2 is 1.82 bits per heavy atom. The number of carboxylic acid groups (broad SMARTS) is 1. The molecule has 0 radical (unpaired) electrons. The number of furan rings is 1. The topological polar surface area (TPSA) is 123 Å².